The molecule has 1 heterocycles. The molecule has 0 aliphatic carbocycles. The Balaban J connectivity index is 2.48. The fourth-order valence-corrected chi connectivity index (χ4v) is 2.73. The van der Waals surface area contributed by atoms with E-state index in [1.807, 2.05) is 0 Å². The van der Waals surface area contributed by atoms with E-state index in [1.54, 1.807) is 7.11 Å². The van der Waals surface area contributed by atoms with Crippen LogP contribution in [0.3, 0.4) is 0 Å². The molecular weight excluding hydrogens is 212 g/mol. The molecule has 0 radical (unpaired) electrons. The molecule has 0 aromatic rings. The van der Waals surface area contributed by atoms with Crippen molar-refractivity contribution in [1.82, 2.24) is 4.90 Å². The molecule has 1 atom stereocenters. The predicted molar refractivity (Wildman–Crippen MR) is 73.2 cm³/mol. The summed E-state index contributed by atoms with van der Waals surface area (Å²) in [7, 11) is 1.80. The predicted octanol–water partition coefficient (Wildman–Crippen LogP) is 2.25. The average Bonchev–Trinajstić information content (AvgIpc) is 2.46. The summed E-state index contributed by atoms with van der Waals surface area (Å²) < 4.78 is 5.36. The molecule has 0 aromatic heterocycles. The second-order valence-electron chi connectivity index (χ2n) is 6.09. The maximum atomic E-state index is 5.62. The zero-order valence-electron chi connectivity index (χ0n) is 11.9. The van der Waals surface area contributed by atoms with Crippen LogP contribution < -0.4 is 5.73 Å². The lowest BCUT2D eigenvalue weighted by Crippen LogP contribution is -2.39. The number of ether oxygens (including phenoxy) is 1. The minimum absolute atomic E-state index is 0.514. The molecule has 0 saturated carbocycles. The van der Waals surface area contributed by atoms with Gasteiger partial charge < -0.3 is 10.5 Å². The summed E-state index contributed by atoms with van der Waals surface area (Å²) in [6.07, 6.45) is 6.24. The van der Waals surface area contributed by atoms with Gasteiger partial charge in [0.25, 0.3) is 0 Å². The van der Waals surface area contributed by atoms with Crippen LogP contribution in [0.1, 0.15) is 46.0 Å². The summed E-state index contributed by atoms with van der Waals surface area (Å²) in [5.41, 5.74) is 6.13. The third-order valence-corrected chi connectivity index (χ3v) is 3.99. The average molecular weight is 242 g/mol. The van der Waals surface area contributed by atoms with Gasteiger partial charge in [0.05, 0.1) is 6.61 Å². The van der Waals surface area contributed by atoms with Crippen LogP contribution in [-0.4, -0.2) is 44.3 Å². The molecule has 0 bridgehead atoms. The molecule has 102 valence electrons. The SMILES string of the molecule is COCC(CCCN)N1CCCC(C)(C)CC1. The molecule has 1 saturated heterocycles. The minimum Gasteiger partial charge on any atom is -0.383 e. The molecule has 3 nitrogen and oxygen atoms in total. The normalized spacial score (nSPS) is 23.3. The number of nitrogens with zero attached hydrogens (tertiary/aromatic N) is 1. The van der Waals surface area contributed by atoms with Crippen molar-refractivity contribution in [3.63, 3.8) is 0 Å². The Morgan fingerprint density at radius 3 is 2.71 bits per heavy atom. The van der Waals surface area contributed by atoms with Gasteiger partial charge in [0.1, 0.15) is 0 Å². The lowest BCUT2D eigenvalue weighted by molar-refractivity contribution is 0.0842. The van der Waals surface area contributed by atoms with Gasteiger partial charge in [-0.2, -0.15) is 0 Å². The molecule has 3 heteroatoms. The van der Waals surface area contributed by atoms with Crippen LogP contribution >= 0.6 is 0 Å². The first-order chi connectivity index (χ1) is 8.09. The van der Waals surface area contributed by atoms with E-state index in [0.29, 0.717) is 11.5 Å². The fraction of sp³-hybridized carbons (Fsp3) is 1.00. The summed E-state index contributed by atoms with van der Waals surface area (Å²) >= 11 is 0. The van der Waals surface area contributed by atoms with Crippen molar-refractivity contribution in [3.05, 3.63) is 0 Å². The van der Waals surface area contributed by atoms with Gasteiger partial charge in [0, 0.05) is 13.2 Å². The zero-order chi connectivity index (χ0) is 12.7. The highest BCUT2D eigenvalue weighted by atomic mass is 16.5. The molecule has 1 rings (SSSR count). The lowest BCUT2D eigenvalue weighted by atomic mass is 9.85. The van der Waals surface area contributed by atoms with Gasteiger partial charge in [-0.05, 0) is 57.2 Å². The van der Waals surface area contributed by atoms with Crippen molar-refractivity contribution in [3.8, 4) is 0 Å². The largest absolute Gasteiger partial charge is 0.383 e. The molecule has 1 aliphatic heterocycles. The van der Waals surface area contributed by atoms with Gasteiger partial charge in [-0.3, -0.25) is 4.90 Å². The van der Waals surface area contributed by atoms with E-state index in [1.165, 1.54) is 38.8 Å². The number of nitrogens with two attached hydrogens (primary N) is 1. The van der Waals surface area contributed by atoms with Crippen molar-refractivity contribution in [2.45, 2.75) is 52.0 Å². The van der Waals surface area contributed by atoms with Gasteiger partial charge in [0.2, 0.25) is 0 Å². The Kier molecular flexibility index (Phi) is 6.45. The van der Waals surface area contributed by atoms with Crippen LogP contribution in [0.15, 0.2) is 0 Å². The van der Waals surface area contributed by atoms with Crippen molar-refractivity contribution in [1.29, 1.82) is 0 Å². The van der Waals surface area contributed by atoms with E-state index in [9.17, 15) is 0 Å². The van der Waals surface area contributed by atoms with Crippen molar-refractivity contribution < 1.29 is 4.74 Å². The summed E-state index contributed by atoms with van der Waals surface area (Å²) in [5.74, 6) is 0. The monoisotopic (exact) mass is 242 g/mol. The lowest BCUT2D eigenvalue weighted by Gasteiger charge is -2.30. The number of hydrogen-bond donors (Lipinski definition) is 1. The van der Waals surface area contributed by atoms with Gasteiger partial charge in [-0.1, -0.05) is 13.8 Å². The quantitative estimate of drug-likeness (QED) is 0.776. The summed E-state index contributed by atoms with van der Waals surface area (Å²) in [5, 5.41) is 0. The van der Waals surface area contributed by atoms with Gasteiger partial charge >= 0.3 is 0 Å². The smallest absolute Gasteiger partial charge is 0.0618 e. The Bertz CT molecular complexity index is 206. The zero-order valence-corrected chi connectivity index (χ0v) is 11.9. The van der Waals surface area contributed by atoms with Crippen LogP contribution in [0.2, 0.25) is 0 Å². The maximum Gasteiger partial charge on any atom is 0.0618 e. The third-order valence-electron chi connectivity index (χ3n) is 3.99. The standard InChI is InChI=1S/C14H30N2O/c1-14(2)7-5-10-16(11-8-14)13(12-17-3)6-4-9-15/h13H,4-12,15H2,1-3H3. The number of likely N-dealkylation sites (tertiary alicyclic amines) is 1. The van der Waals surface area contributed by atoms with Gasteiger partial charge in [-0.15, -0.1) is 0 Å². The maximum absolute atomic E-state index is 5.62. The molecular formula is C14H30N2O. The van der Waals surface area contributed by atoms with Crippen molar-refractivity contribution in [2.24, 2.45) is 11.1 Å². The first kappa shape index (κ1) is 14.9. The number of methoxy groups -OCH3 is 1. The molecule has 17 heavy (non-hydrogen) atoms. The Hall–Kier alpha value is -0.120. The van der Waals surface area contributed by atoms with E-state index >= 15 is 0 Å². The molecule has 1 fully saturated rings. The van der Waals surface area contributed by atoms with E-state index < -0.39 is 0 Å². The highest BCUT2D eigenvalue weighted by molar-refractivity contribution is 4.80. The topological polar surface area (TPSA) is 38.5 Å². The highest BCUT2D eigenvalue weighted by Crippen LogP contribution is 2.30. The Morgan fingerprint density at radius 1 is 1.29 bits per heavy atom. The summed E-state index contributed by atoms with van der Waals surface area (Å²) in [6, 6.07) is 0.567. The van der Waals surface area contributed by atoms with E-state index in [0.717, 1.165) is 19.6 Å². The van der Waals surface area contributed by atoms with Crippen molar-refractivity contribution >= 4 is 0 Å². The van der Waals surface area contributed by atoms with Gasteiger partial charge in [-0.25, -0.2) is 0 Å². The van der Waals surface area contributed by atoms with E-state index in [-0.39, 0.29) is 0 Å². The molecule has 2 N–H and O–H groups in total. The molecule has 1 unspecified atom stereocenters. The Labute approximate surface area is 107 Å². The molecule has 0 aromatic carbocycles. The van der Waals surface area contributed by atoms with Crippen LogP contribution in [0.25, 0.3) is 0 Å². The third kappa shape index (κ3) is 5.36. The first-order valence-corrected chi connectivity index (χ1v) is 7.02. The number of rotatable bonds is 6. The fourth-order valence-electron chi connectivity index (χ4n) is 2.73. The second-order valence-corrected chi connectivity index (χ2v) is 6.09. The van der Waals surface area contributed by atoms with Gasteiger partial charge in [0.15, 0.2) is 0 Å². The number of hydrogen-bond acceptors (Lipinski definition) is 3. The van der Waals surface area contributed by atoms with Crippen LogP contribution in [0, 0.1) is 5.41 Å². The van der Waals surface area contributed by atoms with Crippen molar-refractivity contribution in [2.75, 3.05) is 33.4 Å². The minimum atomic E-state index is 0.514. The van der Waals surface area contributed by atoms with E-state index in [2.05, 4.69) is 18.7 Å². The van der Waals surface area contributed by atoms with Crippen LogP contribution in [-0.2, 0) is 4.74 Å². The van der Waals surface area contributed by atoms with E-state index in [4.69, 9.17) is 10.5 Å². The summed E-state index contributed by atoms with van der Waals surface area (Å²) in [4.78, 5) is 2.62. The highest BCUT2D eigenvalue weighted by Gasteiger charge is 2.26. The molecule has 0 spiro atoms. The molecule has 0 amide bonds. The Morgan fingerprint density at radius 2 is 2.06 bits per heavy atom. The van der Waals surface area contributed by atoms with Crippen LogP contribution in [0.4, 0.5) is 0 Å². The second kappa shape index (κ2) is 7.34. The first-order valence-electron chi connectivity index (χ1n) is 7.02. The van der Waals surface area contributed by atoms with Crippen LogP contribution in [0.5, 0.6) is 0 Å². The molecule has 1 aliphatic rings. The summed E-state index contributed by atoms with van der Waals surface area (Å²) in [6.45, 7) is 8.86.